The van der Waals surface area contributed by atoms with Crippen LogP contribution >= 0.6 is 0 Å². The van der Waals surface area contributed by atoms with Crippen molar-refractivity contribution in [3.8, 4) is 0 Å². The van der Waals surface area contributed by atoms with Gasteiger partial charge in [0, 0.05) is 20.0 Å². The quantitative estimate of drug-likeness (QED) is 0.327. The summed E-state index contributed by atoms with van der Waals surface area (Å²) < 4.78 is 11.4. The Balaban J connectivity index is 1.88. The van der Waals surface area contributed by atoms with Crippen LogP contribution < -0.4 is 0 Å². The molecule has 3 atom stereocenters. The Morgan fingerprint density at radius 2 is 1.94 bits per heavy atom. The van der Waals surface area contributed by atoms with Crippen molar-refractivity contribution < 1.29 is 19.4 Å². The lowest BCUT2D eigenvalue weighted by molar-refractivity contribution is -0.147. The third-order valence-corrected chi connectivity index (χ3v) is 5.69. The number of hydrogen-bond donors (Lipinski definition) is 1. The standard InChI is InChI=1S/C28H40O4/c1-4-20-31-28(13-9-12-26(30)21-27(5-2)32-22(3)29)25-18-16-24(17-19-25)15-14-23-10-7-6-8-11-23/h6-7,10,14-19,26-28,30H,4-5,8-9,11-13,20-21H2,1-3H3. The lowest BCUT2D eigenvalue weighted by Gasteiger charge is -2.21. The van der Waals surface area contributed by atoms with Crippen LogP contribution in [0.3, 0.4) is 0 Å². The van der Waals surface area contributed by atoms with E-state index in [9.17, 15) is 9.90 Å². The van der Waals surface area contributed by atoms with E-state index in [1.54, 1.807) is 0 Å². The molecule has 0 heterocycles. The number of carbonyl (C=O) groups is 1. The van der Waals surface area contributed by atoms with E-state index in [2.05, 4.69) is 61.6 Å². The van der Waals surface area contributed by atoms with Gasteiger partial charge in [-0.1, -0.05) is 68.5 Å². The minimum absolute atomic E-state index is 0.0295. The smallest absolute Gasteiger partial charge is 0.302 e. The van der Waals surface area contributed by atoms with Gasteiger partial charge in [-0.3, -0.25) is 4.79 Å². The number of rotatable bonds is 14. The molecule has 0 aliphatic heterocycles. The number of hydrogen-bond acceptors (Lipinski definition) is 4. The first kappa shape index (κ1) is 26.1. The van der Waals surface area contributed by atoms with E-state index in [1.807, 2.05) is 6.92 Å². The molecule has 1 aliphatic rings. The lowest BCUT2D eigenvalue weighted by atomic mass is 9.98. The van der Waals surface area contributed by atoms with Crippen LogP contribution in [0.4, 0.5) is 0 Å². The Hall–Kier alpha value is -2.17. The molecule has 0 saturated heterocycles. The van der Waals surface area contributed by atoms with Gasteiger partial charge in [0.25, 0.3) is 0 Å². The molecule has 0 spiro atoms. The number of esters is 1. The Bertz CT molecular complexity index is 760. The first-order chi connectivity index (χ1) is 15.5. The van der Waals surface area contributed by atoms with Gasteiger partial charge in [-0.15, -0.1) is 0 Å². The van der Waals surface area contributed by atoms with E-state index in [4.69, 9.17) is 9.47 Å². The Labute approximate surface area is 194 Å². The number of aliphatic hydroxyl groups is 1. The molecule has 1 aromatic carbocycles. The van der Waals surface area contributed by atoms with Gasteiger partial charge in [-0.25, -0.2) is 0 Å². The van der Waals surface area contributed by atoms with Crippen LogP contribution in [0, 0.1) is 0 Å². The fourth-order valence-corrected chi connectivity index (χ4v) is 3.88. The maximum absolute atomic E-state index is 11.2. The van der Waals surface area contributed by atoms with Gasteiger partial charge in [-0.05, 0) is 61.6 Å². The highest BCUT2D eigenvalue weighted by molar-refractivity contribution is 5.66. The van der Waals surface area contributed by atoms with Crippen LogP contribution in [0.25, 0.3) is 6.08 Å². The molecule has 3 unspecified atom stereocenters. The zero-order chi connectivity index (χ0) is 23.2. The summed E-state index contributed by atoms with van der Waals surface area (Å²) in [5.74, 6) is -0.289. The Morgan fingerprint density at radius 1 is 1.16 bits per heavy atom. The van der Waals surface area contributed by atoms with Crippen LogP contribution in [-0.2, 0) is 14.3 Å². The van der Waals surface area contributed by atoms with Crippen molar-refractivity contribution in [2.45, 2.75) is 90.4 Å². The highest BCUT2D eigenvalue weighted by atomic mass is 16.5. The number of aliphatic hydroxyl groups excluding tert-OH is 1. The second-order valence-electron chi connectivity index (χ2n) is 8.53. The average molecular weight is 441 g/mol. The molecule has 4 heteroatoms. The fraction of sp³-hybridized carbons (Fsp3) is 0.536. The van der Waals surface area contributed by atoms with Crippen LogP contribution in [0.1, 0.15) is 89.4 Å². The fourth-order valence-electron chi connectivity index (χ4n) is 3.88. The molecule has 1 aliphatic carbocycles. The van der Waals surface area contributed by atoms with Gasteiger partial charge >= 0.3 is 5.97 Å². The first-order valence-corrected chi connectivity index (χ1v) is 12.1. The van der Waals surface area contributed by atoms with Gasteiger partial charge in [0.2, 0.25) is 0 Å². The molecule has 0 bridgehead atoms. The SMILES string of the molecule is CCCOC(CCCC(O)CC(CC)OC(C)=O)c1ccc(C=CC2=CC=CCC2)cc1. The van der Waals surface area contributed by atoms with Crippen molar-refractivity contribution in [2.75, 3.05) is 6.61 Å². The molecule has 4 nitrogen and oxygen atoms in total. The molecule has 176 valence electrons. The number of benzene rings is 1. The number of allylic oxidation sites excluding steroid dienone is 5. The van der Waals surface area contributed by atoms with E-state index in [1.165, 1.54) is 23.6 Å². The van der Waals surface area contributed by atoms with Gasteiger partial charge in [0.15, 0.2) is 0 Å². The van der Waals surface area contributed by atoms with Gasteiger partial charge in [0.05, 0.1) is 12.2 Å². The van der Waals surface area contributed by atoms with E-state index in [0.29, 0.717) is 19.3 Å². The van der Waals surface area contributed by atoms with Gasteiger partial charge < -0.3 is 14.6 Å². The third-order valence-electron chi connectivity index (χ3n) is 5.69. The molecule has 0 fully saturated rings. The van der Waals surface area contributed by atoms with Crippen molar-refractivity contribution in [3.63, 3.8) is 0 Å². The summed E-state index contributed by atoms with van der Waals surface area (Å²) in [5.41, 5.74) is 3.72. The minimum atomic E-state index is -0.470. The summed E-state index contributed by atoms with van der Waals surface area (Å²) in [4.78, 5) is 11.2. The summed E-state index contributed by atoms with van der Waals surface area (Å²) in [7, 11) is 0. The highest BCUT2D eigenvalue weighted by Crippen LogP contribution is 2.26. The summed E-state index contributed by atoms with van der Waals surface area (Å²) in [6.07, 6.45) is 17.0. The first-order valence-electron chi connectivity index (χ1n) is 12.1. The van der Waals surface area contributed by atoms with Crippen LogP contribution in [0.2, 0.25) is 0 Å². The Morgan fingerprint density at radius 3 is 2.56 bits per heavy atom. The molecule has 1 N–H and O–H groups in total. The van der Waals surface area contributed by atoms with Gasteiger partial charge in [0.1, 0.15) is 6.10 Å². The maximum Gasteiger partial charge on any atom is 0.302 e. The maximum atomic E-state index is 11.2. The van der Waals surface area contributed by atoms with E-state index in [-0.39, 0.29) is 18.2 Å². The second kappa shape index (κ2) is 14.8. The zero-order valence-corrected chi connectivity index (χ0v) is 20.0. The molecule has 32 heavy (non-hydrogen) atoms. The second-order valence-corrected chi connectivity index (χ2v) is 8.53. The summed E-state index contributed by atoms with van der Waals surface area (Å²) >= 11 is 0. The predicted molar refractivity (Wildman–Crippen MR) is 131 cm³/mol. The van der Waals surface area contributed by atoms with Crippen molar-refractivity contribution in [2.24, 2.45) is 0 Å². The minimum Gasteiger partial charge on any atom is -0.462 e. The molecular weight excluding hydrogens is 400 g/mol. The molecular formula is C28H40O4. The highest BCUT2D eigenvalue weighted by Gasteiger charge is 2.17. The van der Waals surface area contributed by atoms with Crippen molar-refractivity contribution in [1.29, 1.82) is 0 Å². The Kier molecular flexibility index (Phi) is 12.1. The van der Waals surface area contributed by atoms with Crippen LogP contribution in [-0.4, -0.2) is 29.9 Å². The van der Waals surface area contributed by atoms with Crippen molar-refractivity contribution in [3.05, 3.63) is 65.3 Å². The lowest BCUT2D eigenvalue weighted by Crippen LogP contribution is -2.22. The largest absolute Gasteiger partial charge is 0.462 e. The van der Waals surface area contributed by atoms with E-state index < -0.39 is 6.10 Å². The number of ether oxygens (including phenoxy) is 2. The molecule has 0 aromatic heterocycles. The summed E-state index contributed by atoms with van der Waals surface area (Å²) in [6, 6.07) is 8.60. The summed E-state index contributed by atoms with van der Waals surface area (Å²) in [6.45, 7) is 6.22. The normalized spacial score (nSPS) is 16.6. The van der Waals surface area contributed by atoms with E-state index >= 15 is 0 Å². The van der Waals surface area contributed by atoms with Gasteiger partial charge in [-0.2, -0.15) is 0 Å². The third kappa shape index (κ3) is 9.97. The number of carbonyl (C=O) groups excluding carboxylic acids is 1. The van der Waals surface area contributed by atoms with Crippen molar-refractivity contribution in [1.82, 2.24) is 0 Å². The monoisotopic (exact) mass is 440 g/mol. The topological polar surface area (TPSA) is 55.8 Å². The molecule has 0 amide bonds. The molecule has 1 aromatic rings. The average Bonchev–Trinajstić information content (AvgIpc) is 2.80. The van der Waals surface area contributed by atoms with Crippen LogP contribution in [0.15, 0.2) is 54.1 Å². The summed E-state index contributed by atoms with van der Waals surface area (Å²) in [5, 5.41) is 10.4. The molecule has 2 rings (SSSR count). The molecule has 0 saturated carbocycles. The van der Waals surface area contributed by atoms with Crippen molar-refractivity contribution >= 4 is 12.0 Å². The van der Waals surface area contributed by atoms with E-state index in [0.717, 1.165) is 38.7 Å². The molecule has 0 radical (unpaired) electrons. The zero-order valence-electron chi connectivity index (χ0n) is 20.0. The predicted octanol–water partition coefficient (Wildman–Crippen LogP) is 6.71. The van der Waals surface area contributed by atoms with Crippen LogP contribution in [0.5, 0.6) is 0 Å².